The summed E-state index contributed by atoms with van der Waals surface area (Å²) in [6, 6.07) is 4.50. The molecule has 0 aliphatic heterocycles. The number of thiophene rings is 1. The molecule has 0 spiro atoms. The van der Waals surface area contributed by atoms with Crippen molar-refractivity contribution >= 4 is 33.3 Å². The van der Waals surface area contributed by atoms with Gasteiger partial charge in [0, 0.05) is 4.88 Å². The van der Waals surface area contributed by atoms with Gasteiger partial charge in [-0.05, 0) is 28.1 Å². The summed E-state index contributed by atoms with van der Waals surface area (Å²) in [5.41, 5.74) is 0. The molecule has 0 aromatic carbocycles. The summed E-state index contributed by atoms with van der Waals surface area (Å²) < 4.78 is 6.04. The molecule has 0 saturated heterocycles. The molecule has 0 unspecified atom stereocenters. The van der Waals surface area contributed by atoms with Gasteiger partial charge in [0.05, 0.1) is 10.3 Å². The van der Waals surface area contributed by atoms with Gasteiger partial charge in [-0.3, -0.25) is 0 Å². The predicted molar refractivity (Wildman–Crippen MR) is 53.6 cm³/mol. The molecule has 6 heteroatoms. The maximum atomic E-state index is 4.92. The van der Waals surface area contributed by atoms with Crippen LogP contribution in [0.25, 0.3) is 0 Å². The summed E-state index contributed by atoms with van der Waals surface area (Å²) in [5, 5.41) is 10.3. The van der Waals surface area contributed by atoms with Crippen LogP contribution in [-0.2, 0) is 6.54 Å². The number of rotatable bonds is 3. The molecule has 2 aromatic heterocycles. The lowest BCUT2D eigenvalue weighted by Gasteiger charge is -1.95. The van der Waals surface area contributed by atoms with Crippen molar-refractivity contribution in [3.8, 4) is 0 Å². The van der Waals surface area contributed by atoms with Gasteiger partial charge in [-0.25, -0.2) is 0 Å². The van der Waals surface area contributed by atoms with Gasteiger partial charge in [0.15, 0.2) is 0 Å². The first-order chi connectivity index (χ1) is 6.34. The molecule has 1 N–H and O–H groups in total. The van der Waals surface area contributed by atoms with Gasteiger partial charge in [0.25, 0.3) is 0 Å². The molecule has 13 heavy (non-hydrogen) atoms. The van der Waals surface area contributed by atoms with Gasteiger partial charge >= 0.3 is 6.01 Å². The minimum absolute atomic E-state index is 0.449. The van der Waals surface area contributed by atoms with Gasteiger partial charge in [-0.2, -0.15) is 0 Å². The van der Waals surface area contributed by atoms with Gasteiger partial charge in [0.2, 0.25) is 6.39 Å². The Labute approximate surface area is 87.1 Å². The molecule has 2 aromatic rings. The Balaban J connectivity index is 1.93. The summed E-state index contributed by atoms with van der Waals surface area (Å²) in [6.07, 6.45) is 1.30. The molecule has 2 rings (SSSR count). The topological polar surface area (TPSA) is 51.0 Å². The largest absolute Gasteiger partial charge is 0.411 e. The van der Waals surface area contributed by atoms with E-state index >= 15 is 0 Å². The zero-order valence-corrected chi connectivity index (χ0v) is 8.93. The Kier molecular flexibility index (Phi) is 2.60. The van der Waals surface area contributed by atoms with E-state index in [1.165, 1.54) is 11.3 Å². The highest BCUT2D eigenvalue weighted by Gasteiger charge is 1.99. The molecule has 0 radical (unpaired) electrons. The fraction of sp³-hybridized carbons (Fsp3) is 0.143. The van der Waals surface area contributed by atoms with Crippen LogP contribution in [0.2, 0.25) is 0 Å². The first kappa shape index (κ1) is 8.71. The zero-order chi connectivity index (χ0) is 9.10. The number of nitrogens with one attached hydrogen (secondary N) is 1. The van der Waals surface area contributed by atoms with Crippen LogP contribution in [-0.4, -0.2) is 10.2 Å². The second-order valence-electron chi connectivity index (χ2n) is 2.30. The Morgan fingerprint density at radius 3 is 3.08 bits per heavy atom. The average Bonchev–Trinajstić information content (AvgIpc) is 2.71. The summed E-state index contributed by atoms with van der Waals surface area (Å²) in [5.74, 6) is 0. The van der Waals surface area contributed by atoms with Crippen molar-refractivity contribution < 1.29 is 4.42 Å². The summed E-state index contributed by atoms with van der Waals surface area (Å²) in [7, 11) is 0. The van der Waals surface area contributed by atoms with Gasteiger partial charge < -0.3 is 9.73 Å². The quantitative estimate of drug-likeness (QED) is 0.921. The second kappa shape index (κ2) is 3.89. The predicted octanol–water partition coefficient (Wildman–Crippen LogP) is 2.51. The molecule has 0 fully saturated rings. The van der Waals surface area contributed by atoms with E-state index < -0.39 is 0 Å². The van der Waals surface area contributed by atoms with Crippen molar-refractivity contribution in [2.45, 2.75) is 6.54 Å². The highest BCUT2D eigenvalue weighted by atomic mass is 79.9. The average molecular weight is 260 g/mol. The molecule has 2 heterocycles. The summed E-state index contributed by atoms with van der Waals surface area (Å²) in [6.45, 7) is 0.707. The lowest BCUT2D eigenvalue weighted by Crippen LogP contribution is -1.97. The number of nitrogens with zero attached hydrogens (tertiary/aromatic N) is 2. The van der Waals surface area contributed by atoms with Crippen molar-refractivity contribution in [2.24, 2.45) is 0 Å². The number of hydrogen-bond donors (Lipinski definition) is 1. The Hall–Kier alpha value is -0.880. The maximum Gasteiger partial charge on any atom is 0.315 e. The monoisotopic (exact) mass is 259 g/mol. The first-order valence-electron chi connectivity index (χ1n) is 3.59. The second-order valence-corrected chi connectivity index (χ2v) is 4.85. The van der Waals surface area contributed by atoms with Crippen molar-refractivity contribution in [3.05, 3.63) is 27.2 Å². The van der Waals surface area contributed by atoms with Crippen LogP contribution < -0.4 is 5.32 Å². The van der Waals surface area contributed by atoms with E-state index in [-0.39, 0.29) is 0 Å². The lowest BCUT2D eigenvalue weighted by molar-refractivity contribution is 0.565. The van der Waals surface area contributed by atoms with E-state index in [2.05, 4.69) is 31.4 Å². The Morgan fingerprint density at radius 1 is 1.54 bits per heavy atom. The van der Waals surface area contributed by atoms with Crippen LogP contribution in [0.15, 0.2) is 26.7 Å². The fourth-order valence-corrected chi connectivity index (χ4v) is 2.28. The molecule has 4 nitrogen and oxygen atoms in total. The molecular formula is C7H6BrN3OS. The van der Waals surface area contributed by atoms with E-state index in [4.69, 9.17) is 4.42 Å². The summed E-state index contributed by atoms with van der Waals surface area (Å²) >= 11 is 5.06. The zero-order valence-electron chi connectivity index (χ0n) is 6.53. The summed E-state index contributed by atoms with van der Waals surface area (Å²) in [4.78, 5) is 1.21. The Bertz CT molecular complexity index is 373. The number of anilines is 1. The number of aromatic nitrogens is 2. The van der Waals surface area contributed by atoms with Gasteiger partial charge in [-0.1, -0.05) is 5.10 Å². The van der Waals surface area contributed by atoms with Crippen LogP contribution in [0.4, 0.5) is 6.01 Å². The molecule has 0 atom stereocenters. The minimum Gasteiger partial charge on any atom is -0.411 e. The van der Waals surface area contributed by atoms with Crippen molar-refractivity contribution in [3.63, 3.8) is 0 Å². The SMILES string of the molecule is Brc1ccc(CNc2nnco2)s1. The third kappa shape index (κ3) is 2.28. The molecule has 0 aliphatic carbocycles. The first-order valence-corrected chi connectivity index (χ1v) is 5.20. The van der Waals surface area contributed by atoms with E-state index in [1.54, 1.807) is 11.3 Å². The molecular weight excluding hydrogens is 254 g/mol. The fourth-order valence-electron chi connectivity index (χ4n) is 0.860. The normalized spacial score (nSPS) is 10.2. The van der Waals surface area contributed by atoms with Gasteiger partial charge in [0.1, 0.15) is 0 Å². The van der Waals surface area contributed by atoms with Crippen molar-refractivity contribution in [1.29, 1.82) is 0 Å². The minimum atomic E-state index is 0.449. The molecule has 0 bridgehead atoms. The van der Waals surface area contributed by atoms with E-state index in [0.717, 1.165) is 3.79 Å². The van der Waals surface area contributed by atoms with Crippen LogP contribution in [0.1, 0.15) is 4.88 Å². The van der Waals surface area contributed by atoms with Crippen LogP contribution in [0, 0.1) is 0 Å². The number of halogens is 1. The van der Waals surface area contributed by atoms with Gasteiger partial charge in [-0.15, -0.1) is 16.4 Å². The molecule has 0 saturated carbocycles. The molecule has 0 aliphatic rings. The maximum absolute atomic E-state index is 4.92. The van der Waals surface area contributed by atoms with Crippen LogP contribution in [0.5, 0.6) is 0 Å². The molecule has 68 valence electrons. The molecule has 0 amide bonds. The van der Waals surface area contributed by atoms with Crippen LogP contribution >= 0.6 is 27.3 Å². The number of hydrogen-bond acceptors (Lipinski definition) is 5. The van der Waals surface area contributed by atoms with E-state index in [0.29, 0.717) is 12.6 Å². The van der Waals surface area contributed by atoms with Crippen LogP contribution in [0.3, 0.4) is 0 Å². The van der Waals surface area contributed by atoms with Crippen molar-refractivity contribution in [1.82, 2.24) is 10.2 Å². The third-order valence-electron chi connectivity index (χ3n) is 1.40. The van der Waals surface area contributed by atoms with E-state index in [9.17, 15) is 0 Å². The smallest absolute Gasteiger partial charge is 0.315 e. The standard InChI is InChI=1S/C7H6BrN3OS/c8-6-2-1-5(13-6)3-9-7-11-10-4-12-7/h1-2,4H,3H2,(H,9,11). The highest BCUT2D eigenvalue weighted by Crippen LogP contribution is 2.22. The van der Waals surface area contributed by atoms with E-state index in [1.807, 2.05) is 12.1 Å². The highest BCUT2D eigenvalue weighted by molar-refractivity contribution is 9.11. The Morgan fingerprint density at radius 2 is 2.46 bits per heavy atom. The van der Waals surface area contributed by atoms with Crippen molar-refractivity contribution in [2.75, 3.05) is 5.32 Å². The third-order valence-corrected chi connectivity index (χ3v) is 3.03. The lowest BCUT2D eigenvalue weighted by atomic mass is 10.5.